The van der Waals surface area contributed by atoms with Crippen molar-refractivity contribution in [3.8, 4) is 0 Å². The minimum Gasteiger partial charge on any atom is -0.466 e. The number of hydrogen-bond acceptors (Lipinski definition) is 4. The number of ether oxygens (including phenoxy) is 1. The normalized spacial score (nSPS) is 11.1. The lowest BCUT2D eigenvalue weighted by atomic mass is 9.97. The summed E-state index contributed by atoms with van der Waals surface area (Å²) in [6.07, 6.45) is 1.27. The summed E-state index contributed by atoms with van der Waals surface area (Å²) in [7, 11) is 0. The van der Waals surface area contributed by atoms with Gasteiger partial charge in [0.25, 0.3) is 5.91 Å². The van der Waals surface area contributed by atoms with Crippen molar-refractivity contribution in [2.45, 2.75) is 13.3 Å². The van der Waals surface area contributed by atoms with Crippen LogP contribution in [0.3, 0.4) is 0 Å². The number of esters is 1. The molecule has 0 fully saturated rings. The van der Waals surface area contributed by atoms with E-state index in [1.807, 2.05) is 48.5 Å². The van der Waals surface area contributed by atoms with Crippen LogP contribution in [0.1, 0.15) is 18.9 Å². The van der Waals surface area contributed by atoms with Crippen LogP contribution in [-0.4, -0.2) is 24.7 Å². The summed E-state index contributed by atoms with van der Waals surface area (Å²) in [6, 6.07) is 18.1. The Morgan fingerprint density at radius 2 is 1.64 bits per heavy atom. The lowest BCUT2D eigenvalue weighted by molar-refractivity contribution is -0.145. The number of hydrogen-bond donors (Lipinski definition) is 1. The minimum absolute atomic E-state index is 0.247. The summed E-state index contributed by atoms with van der Waals surface area (Å²) in [5.41, 5.74) is 3.30. The van der Waals surface area contributed by atoms with E-state index >= 15 is 0 Å². The Bertz CT molecular complexity index is 909. The average molecular weight is 334 g/mol. The van der Waals surface area contributed by atoms with Gasteiger partial charge < -0.3 is 4.74 Å². The molecule has 5 heteroatoms. The number of nitrogens with one attached hydrogen (secondary N) is 1. The van der Waals surface area contributed by atoms with Crippen LogP contribution in [-0.2, 0) is 14.3 Å². The van der Waals surface area contributed by atoms with E-state index in [1.165, 1.54) is 0 Å². The third-order valence-electron chi connectivity index (χ3n) is 3.81. The predicted octanol–water partition coefficient (Wildman–Crippen LogP) is 3.40. The van der Waals surface area contributed by atoms with Crippen molar-refractivity contribution in [1.82, 2.24) is 5.43 Å². The van der Waals surface area contributed by atoms with Crippen molar-refractivity contribution < 1.29 is 14.3 Å². The summed E-state index contributed by atoms with van der Waals surface area (Å²) in [6.45, 7) is 1.94. The summed E-state index contributed by atoms with van der Waals surface area (Å²) in [5.74, 6) is -1.06. The minimum atomic E-state index is -0.564. The lowest BCUT2D eigenvalue weighted by Crippen LogP contribution is -2.22. The number of hydrazone groups is 1. The first kappa shape index (κ1) is 16.6. The zero-order valence-electron chi connectivity index (χ0n) is 13.9. The molecule has 1 N–H and O–H groups in total. The first-order valence-corrected chi connectivity index (χ1v) is 8.07. The molecule has 126 valence electrons. The summed E-state index contributed by atoms with van der Waals surface area (Å²) in [5, 5.41) is 8.31. The first-order valence-electron chi connectivity index (χ1n) is 8.07. The lowest BCUT2D eigenvalue weighted by Gasteiger charge is -2.08. The van der Waals surface area contributed by atoms with E-state index in [0.29, 0.717) is 0 Å². The standard InChI is InChI=1S/C20H18N2O3/c1-2-25-20(24)12-19(23)22-21-13-18-16-9-5-3-7-14(16)11-15-8-4-6-10-17(15)18/h3-11,13H,2,12H2,1H3,(H,22,23)/b21-13-. The molecule has 0 bridgehead atoms. The van der Waals surface area contributed by atoms with Gasteiger partial charge in [-0.3, -0.25) is 9.59 Å². The second-order valence-electron chi connectivity index (χ2n) is 5.51. The zero-order chi connectivity index (χ0) is 17.6. The number of carbonyl (C=O) groups excluding carboxylic acids is 2. The molecule has 0 radical (unpaired) electrons. The molecule has 3 rings (SSSR count). The van der Waals surface area contributed by atoms with Gasteiger partial charge in [-0.15, -0.1) is 0 Å². The van der Waals surface area contributed by atoms with E-state index in [2.05, 4.69) is 16.6 Å². The van der Waals surface area contributed by atoms with Crippen LogP contribution in [0.4, 0.5) is 0 Å². The Hall–Kier alpha value is -3.21. The van der Waals surface area contributed by atoms with Gasteiger partial charge in [0, 0.05) is 5.56 Å². The van der Waals surface area contributed by atoms with Crippen molar-refractivity contribution in [1.29, 1.82) is 0 Å². The number of amides is 1. The molecule has 0 unspecified atom stereocenters. The van der Waals surface area contributed by atoms with Crippen LogP contribution in [0.5, 0.6) is 0 Å². The third kappa shape index (κ3) is 3.83. The quantitative estimate of drug-likeness (QED) is 0.256. The molecule has 0 saturated carbocycles. The van der Waals surface area contributed by atoms with Crippen LogP contribution in [0.15, 0.2) is 59.7 Å². The van der Waals surface area contributed by atoms with Gasteiger partial charge in [-0.2, -0.15) is 5.10 Å². The van der Waals surface area contributed by atoms with Crippen molar-refractivity contribution >= 4 is 39.6 Å². The second-order valence-corrected chi connectivity index (χ2v) is 5.51. The molecule has 0 saturated heterocycles. The summed E-state index contributed by atoms with van der Waals surface area (Å²) < 4.78 is 4.74. The van der Waals surface area contributed by atoms with Crippen LogP contribution >= 0.6 is 0 Å². The Morgan fingerprint density at radius 3 is 2.24 bits per heavy atom. The fourth-order valence-corrected chi connectivity index (χ4v) is 2.74. The molecule has 3 aromatic carbocycles. The van der Waals surface area contributed by atoms with Crippen molar-refractivity contribution in [3.05, 3.63) is 60.2 Å². The molecule has 0 aromatic heterocycles. The number of nitrogens with zero attached hydrogens (tertiary/aromatic N) is 1. The molecule has 3 aromatic rings. The molecule has 5 nitrogen and oxygen atoms in total. The van der Waals surface area contributed by atoms with Crippen molar-refractivity contribution in [2.24, 2.45) is 5.10 Å². The van der Waals surface area contributed by atoms with E-state index in [9.17, 15) is 9.59 Å². The number of carbonyl (C=O) groups is 2. The van der Waals surface area contributed by atoms with Crippen LogP contribution in [0.25, 0.3) is 21.5 Å². The van der Waals surface area contributed by atoms with Crippen LogP contribution in [0, 0.1) is 0 Å². The second kappa shape index (κ2) is 7.57. The first-order chi connectivity index (χ1) is 12.2. The van der Waals surface area contributed by atoms with Crippen LogP contribution < -0.4 is 5.43 Å². The molecule has 0 aliphatic carbocycles. The zero-order valence-corrected chi connectivity index (χ0v) is 13.9. The number of rotatable bonds is 5. The van der Waals surface area contributed by atoms with Gasteiger partial charge in [-0.05, 0) is 34.5 Å². The van der Waals surface area contributed by atoms with Gasteiger partial charge in [0.2, 0.25) is 0 Å². The Balaban J connectivity index is 1.89. The van der Waals surface area contributed by atoms with Crippen molar-refractivity contribution in [3.63, 3.8) is 0 Å². The molecular formula is C20H18N2O3. The van der Waals surface area contributed by atoms with E-state index in [0.717, 1.165) is 27.1 Å². The molecule has 0 spiro atoms. The highest BCUT2D eigenvalue weighted by molar-refractivity contribution is 6.13. The topological polar surface area (TPSA) is 67.8 Å². The van der Waals surface area contributed by atoms with E-state index in [4.69, 9.17) is 4.74 Å². The largest absolute Gasteiger partial charge is 0.466 e. The Morgan fingerprint density at radius 1 is 1.04 bits per heavy atom. The Labute approximate surface area is 145 Å². The van der Waals surface area contributed by atoms with Crippen LogP contribution in [0.2, 0.25) is 0 Å². The molecule has 0 aliphatic heterocycles. The van der Waals surface area contributed by atoms with E-state index in [1.54, 1.807) is 13.1 Å². The highest BCUT2D eigenvalue weighted by Gasteiger charge is 2.09. The van der Waals surface area contributed by atoms with E-state index in [-0.39, 0.29) is 13.0 Å². The van der Waals surface area contributed by atoms with Gasteiger partial charge in [-0.1, -0.05) is 48.5 Å². The molecule has 1 amide bonds. The van der Waals surface area contributed by atoms with Gasteiger partial charge in [-0.25, -0.2) is 5.43 Å². The third-order valence-corrected chi connectivity index (χ3v) is 3.81. The van der Waals surface area contributed by atoms with Gasteiger partial charge in [0.05, 0.1) is 12.8 Å². The fourth-order valence-electron chi connectivity index (χ4n) is 2.74. The maximum absolute atomic E-state index is 11.7. The smallest absolute Gasteiger partial charge is 0.315 e. The van der Waals surface area contributed by atoms with Gasteiger partial charge in [0.1, 0.15) is 6.42 Å². The van der Waals surface area contributed by atoms with Crippen molar-refractivity contribution in [2.75, 3.05) is 6.61 Å². The fraction of sp³-hybridized carbons (Fsp3) is 0.150. The monoisotopic (exact) mass is 334 g/mol. The number of benzene rings is 3. The number of fused-ring (bicyclic) bond motifs is 2. The highest BCUT2D eigenvalue weighted by Crippen LogP contribution is 2.27. The highest BCUT2D eigenvalue weighted by atomic mass is 16.5. The molecule has 0 heterocycles. The Kier molecular flexibility index (Phi) is 5.04. The van der Waals surface area contributed by atoms with Gasteiger partial charge >= 0.3 is 5.97 Å². The molecular weight excluding hydrogens is 316 g/mol. The summed E-state index contributed by atoms with van der Waals surface area (Å²) >= 11 is 0. The SMILES string of the molecule is CCOC(=O)CC(=O)N/N=C\c1c2ccccc2cc2ccccc12. The molecule has 0 aliphatic rings. The predicted molar refractivity (Wildman–Crippen MR) is 98.4 cm³/mol. The maximum atomic E-state index is 11.7. The van der Waals surface area contributed by atoms with E-state index < -0.39 is 11.9 Å². The van der Waals surface area contributed by atoms with Gasteiger partial charge in [0.15, 0.2) is 0 Å². The maximum Gasteiger partial charge on any atom is 0.315 e. The molecule has 0 atom stereocenters. The summed E-state index contributed by atoms with van der Waals surface area (Å²) in [4.78, 5) is 23.0. The molecule has 25 heavy (non-hydrogen) atoms. The average Bonchev–Trinajstić information content (AvgIpc) is 2.61.